The minimum absolute atomic E-state index is 0.612. The van der Waals surface area contributed by atoms with E-state index in [-0.39, 0.29) is 0 Å². The van der Waals surface area contributed by atoms with Gasteiger partial charge in [0, 0.05) is 17.9 Å². The molecule has 0 amide bonds. The lowest BCUT2D eigenvalue weighted by Gasteiger charge is -2.24. The van der Waals surface area contributed by atoms with Crippen molar-refractivity contribution in [3.63, 3.8) is 0 Å². The molecule has 0 N–H and O–H groups in total. The summed E-state index contributed by atoms with van der Waals surface area (Å²) in [6, 6.07) is 9.14. The van der Waals surface area contributed by atoms with Gasteiger partial charge in [0.05, 0.1) is 0 Å². The highest BCUT2D eigenvalue weighted by molar-refractivity contribution is 5.57. The number of para-hydroxylation sites is 1. The normalized spacial score (nSPS) is 21.1. The van der Waals surface area contributed by atoms with E-state index >= 15 is 0 Å². The molecule has 1 aliphatic rings. The molecule has 13 heavy (non-hydrogen) atoms. The average Bonchev–Trinajstić information content (AvgIpc) is 2.52. The number of hydrogen-bond donors (Lipinski definition) is 0. The van der Waals surface area contributed by atoms with Crippen LogP contribution in [0.25, 0.3) is 0 Å². The maximum absolute atomic E-state index is 2.34. The Morgan fingerprint density at radius 1 is 1.31 bits per heavy atom. The number of benzene rings is 1. The summed E-state index contributed by atoms with van der Waals surface area (Å²) in [4.78, 5) is 2.34. The molecule has 0 aromatic heterocycles. The Bertz CT molecular complexity index is 328. The summed E-state index contributed by atoms with van der Waals surface area (Å²) in [6.45, 7) is 4.42. The zero-order valence-corrected chi connectivity index (χ0v) is 8.20. The maximum atomic E-state index is 2.34. The molecule has 1 atom stereocenters. The van der Waals surface area contributed by atoms with Gasteiger partial charge in [-0.3, -0.25) is 0 Å². The molecule has 1 heteroatoms. The highest BCUT2D eigenvalue weighted by Gasteiger charge is 2.16. The first-order valence-corrected chi connectivity index (χ1v) is 4.79. The largest absolute Gasteiger partial charge is 0.345 e. The van der Waals surface area contributed by atoms with Crippen molar-refractivity contribution in [2.45, 2.75) is 26.3 Å². The molecule has 1 aromatic rings. The lowest BCUT2D eigenvalue weighted by atomic mass is 10.1. The highest BCUT2D eigenvalue weighted by atomic mass is 15.2. The van der Waals surface area contributed by atoms with Gasteiger partial charge in [-0.15, -0.1) is 0 Å². The minimum atomic E-state index is 0.612. The molecule has 0 bridgehead atoms. The quantitative estimate of drug-likeness (QED) is 0.630. The highest BCUT2D eigenvalue weighted by Crippen LogP contribution is 2.26. The third-order valence-corrected chi connectivity index (χ3v) is 2.61. The monoisotopic (exact) mass is 173 g/mol. The van der Waals surface area contributed by atoms with E-state index in [2.05, 4.69) is 55.3 Å². The van der Waals surface area contributed by atoms with E-state index in [4.69, 9.17) is 0 Å². The van der Waals surface area contributed by atoms with Crippen molar-refractivity contribution in [2.24, 2.45) is 0 Å². The van der Waals surface area contributed by atoms with E-state index in [0.717, 1.165) is 6.42 Å². The van der Waals surface area contributed by atoms with Gasteiger partial charge in [-0.2, -0.15) is 0 Å². The Morgan fingerprint density at radius 2 is 2.08 bits per heavy atom. The van der Waals surface area contributed by atoms with Gasteiger partial charge in [0.1, 0.15) is 0 Å². The Kier molecular flexibility index (Phi) is 2.09. The van der Waals surface area contributed by atoms with Gasteiger partial charge in [0.25, 0.3) is 0 Å². The molecule has 1 aromatic carbocycles. The molecule has 0 spiro atoms. The molecule has 0 saturated carbocycles. The summed E-state index contributed by atoms with van der Waals surface area (Å²) in [5.74, 6) is 0. The molecule has 2 rings (SSSR count). The molecule has 0 fully saturated rings. The van der Waals surface area contributed by atoms with Crippen molar-refractivity contribution < 1.29 is 0 Å². The first kappa shape index (κ1) is 8.36. The van der Waals surface area contributed by atoms with Gasteiger partial charge in [-0.05, 0) is 31.9 Å². The molecule has 0 saturated heterocycles. The van der Waals surface area contributed by atoms with E-state index in [1.54, 1.807) is 0 Å². The molecule has 1 aliphatic heterocycles. The zero-order chi connectivity index (χ0) is 9.26. The molecule has 0 unspecified atom stereocenters. The molecular formula is C12H15N. The topological polar surface area (TPSA) is 3.24 Å². The second-order valence-corrected chi connectivity index (χ2v) is 3.66. The van der Waals surface area contributed by atoms with Crippen LogP contribution in [-0.2, 0) is 0 Å². The molecule has 1 heterocycles. The van der Waals surface area contributed by atoms with Crippen LogP contribution in [0.4, 0.5) is 5.69 Å². The predicted molar refractivity (Wildman–Crippen MR) is 56.9 cm³/mol. The smallest absolute Gasteiger partial charge is 0.0438 e. The van der Waals surface area contributed by atoms with Crippen molar-refractivity contribution in [3.8, 4) is 0 Å². The molecule has 0 radical (unpaired) electrons. The molecular weight excluding hydrogens is 158 g/mol. The van der Waals surface area contributed by atoms with Crippen molar-refractivity contribution in [1.29, 1.82) is 0 Å². The predicted octanol–water partition coefficient (Wildman–Crippen LogP) is 3.11. The fraction of sp³-hybridized carbons (Fsp3) is 0.333. The van der Waals surface area contributed by atoms with E-state index in [9.17, 15) is 0 Å². The lowest BCUT2D eigenvalue weighted by Crippen LogP contribution is -2.23. The van der Waals surface area contributed by atoms with Gasteiger partial charge in [0.2, 0.25) is 0 Å². The lowest BCUT2D eigenvalue weighted by molar-refractivity contribution is 0.758. The summed E-state index contributed by atoms with van der Waals surface area (Å²) in [5.41, 5.74) is 2.68. The Morgan fingerprint density at radius 3 is 2.69 bits per heavy atom. The SMILES string of the molecule is Cc1ccccc1N1C=CC[C@@H]1C. The first-order valence-electron chi connectivity index (χ1n) is 4.79. The summed E-state index contributed by atoms with van der Waals surface area (Å²) < 4.78 is 0. The Hall–Kier alpha value is -1.24. The molecule has 1 nitrogen and oxygen atoms in total. The summed E-state index contributed by atoms with van der Waals surface area (Å²) in [7, 11) is 0. The van der Waals surface area contributed by atoms with Crippen LogP contribution >= 0.6 is 0 Å². The van der Waals surface area contributed by atoms with Crippen LogP contribution in [0.3, 0.4) is 0 Å². The van der Waals surface area contributed by atoms with Crippen LogP contribution < -0.4 is 4.90 Å². The maximum Gasteiger partial charge on any atom is 0.0438 e. The van der Waals surface area contributed by atoms with Crippen LogP contribution in [0.15, 0.2) is 36.5 Å². The second-order valence-electron chi connectivity index (χ2n) is 3.66. The van der Waals surface area contributed by atoms with E-state index in [0.29, 0.717) is 6.04 Å². The van der Waals surface area contributed by atoms with Crippen molar-refractivity contribution >= 4 is 5.69 Å². The Balaban J connectivity index is 2.35. The number of aryl methyl sites for hydroxylation is 1. The van der Waals surface area contributed by atoms with Crippen LogP contribution in [0.5, 0.6) is 0 Å². The second kappa shape index (κ2) is 3.25. The van der Waals surface area contributed by atoms with Gasteiger partial charge in [-0.25, -0.2) is 0 Å². The van der Waals surface area contributed by atoms with E-state index in [1.807, 2.05) is 0 Å². The van der Waals surface area contributed by atoms with Crippen LogP contribution in [0.2, 0.25) is 0 Å². The number of anilines is 1. The van der Waals surface area contributed by atoms with E-state index in [1.165, 1.54) is 11.3 Å². The average molecular weight is 173 g/mol. The van der Waals surface area contributed by atoms with Gasteiger partial charge >= 0.3 is 0 Å². The van der Waals surface area contributed by atoms with Gasteiger partial charge < -0.3 is 4.90 Å². The molecule has 68 valence electrons. The van der Waals surface area contributed by atoms with Crippen LogP contribution in [-0.4, -0.2) is 6.04 Å². The molecule has 0 aliphatic carbocycles. The third-order valence-electron chi connectivity index (χ3n) is 2.61. The fourth-order valence-electron chi connectivity index (χ4n) is 1.80. The Labute approximate surface area is 79.7 Å². The summed E-state index contributed by atoms with van der Waals surface area (Å²) in [5, 5.41) is 0. The van der Waals surface area contributed by atoms with Crippen LogP contribution in [0, 0.1) is 6.92 Å². The van der Waals surface area contributed by atoms with Crippen molar-refractivity contribution in [3.05, 3.63) is 42.1 Å². The van der Waals surface area contributed by atoms with Crippen molar-refractivity contribution in [1.82, 2.24) is 0 Å². The zero-order valence-electron chi connectivity index (χ0n) is 8.20. The third kappa shape index (κ3) is 1.46. The van der Waals surface area contributed by atoms with Crippen LogP contribution in [0.1, 0.15) is 18.9 Å². The summed E-state index contributed by atoms with van der Waals surface area (Å²) in [6.07, 6.45) is 5.58. The number of hydrogen-bond acceptors (Lipinski definition) is 1. The van der Waals surface area contributed by atoms with Gasteiger partial charge in [-0.1, -0.05) is 24.3 Å². The fourth-order valence-corrected chi connectivity index (χ4v) is 1.80. The van der Waals surface area contributed by atoms with E-state index < -0.39 is 0 Å². The minimum Gasteiger partial charge on any atom is -0.345 e. The van der Waals surface area contributed by atoms with Gasteiger partial charge in [0.15, 0.2) is 0 Å². The number of rotatable bonds is 1. The number of nitrogens with zero attached hydrogens (tertiary/aromatic N) is 1. The standard InChI is InChI=1S/C12H15N/c1-10-6-3-4-8-12(10)13-9-5-7-11(13)2/h3-6,8-9,11H,7H2,1-2H3/t11-/m0/s1. The first-order chi connectivity index (χ1) is 6.29. The van der Waals surface area contributed by atoms with Crippen molar-refractivity contribution in [2.75, 3.05) is 4.90 Å². The summed E-state index contributed by atoms with van der Waals surface area (Å²) >= 11 is 0.